The summed E-state index contributed by atoms with van der Waals surface area (Å²) in [7, 11) is 0. The van der Waals surface area contributed by atoms with E-state index in [1.165, 1.54) is 6.08 Å². The van der Waals surface area contributed by atoms with Gasteiger partial charge in [0.1, 0.15) is 5.76 Å². The summed E-state index contributed by atoms with van der Waals surface area (Å²) in [6.07, 6.45) is 4.82. The lowest BCUT2D eigenvalue weighted by atomic mass is 9.95. The molecule has 10 heavy (non-hydrogen) atoms. The van der Waals surface area contributed by atoms with Gasteiger partial charge in [0.2, 0.25) is 0 Å². The van der Waals surface area contributed by atoms with Gasteiger partial charge in [0.05, 0.1) is 5.76 Å². The van der Waals surface area contributed by atoms with Gasteiger partial charge in [-0.05, 0) is 18.9 Å². The zero-order valence-electron chi connectivity index (χ0n) is 6.04. The summed E-state index contributed by atoms with van der Waals surface area (Å²) in [6.45, 7) is 2.02. The SMILES string of the molecule is CCC1CC=C(O)C=C1O. The smallest absolute Gasteiger partial charge is 0.114 e. The Balaban J connectivity index is 2.68. The van der Waals surface area contributed by atoms with Crippen LogP contribution in [0.5, 0.6) is 0 Å². The second-order valence-electron chi connectivity index (χ2n) is 2.54. The molecular weight excluding hydrogens is 128 g/mol. The van der Waals surface area contributed by atoms with Crippen LogP contribution in [-0.2, 0) is 0 Å². The fourth-order valence-corrected chi connectivity index (χ4v) is 1.09. The molecule has 0 radical (unpaired) electrons. The van der Waals surface area contributed by atoms with Crippen LogP contribution in [0.4, 0.5) is 0 Å². The number of rotatable bonds is 1. The fraction of sp³-hybridized carbons (Fsp3) is 0.500. The van der Waals surface area contributed by atoms with Crippen molar-refractivity contribution in [3.05, 3.63) is 23.7 Å². The number of allylic oxidation sites excluding steroid dienone is 3. The zero-order valence-corrected chi connectivity index (χ0v) is 6.04. The number of hydrogen-bond acceptors (Lipinski definition) is 2. The Labute approximate surface area is 60.5 Å². The normalized spacial score (nSPS) is 25.5. The average molecular weight is 140 g/mol. The summed E-state index contributed by atoms with van der Waals surface area (Å²) in [5.41, 5.74) is 0. The lowest BCUT2D eigenvalue weighted by Gasteiger charge is -2.15. The third-order valence-corrected chi connectivity index (χ3v) is 1.82. The molecule has 0 aromatic carbocycles. The maximum absolute atomic E-state index is 9.20. The first-order valence-corrected chi connectivity index (χ1v) is 3.53. The molecule has 0 aromatic rings. The molecule has 0 saturated carbocycles. The molecule has 2 nitrogen and oxygen atoms in total. The molecule has 0 spiro atoms. The van der Waals surface area contributed by atoms with Crippen LogP contribution in [-0.4, -0.2) is 10.2 Å². The molecule has 0 amide bonds. The highest BCUT2D eigenvalue weighted by atomic mass is 16.3. The van der Waals surface area contributed by atoms with Crippen LogP contribution >= 0.6 is 0 Å². The lowest BCUT2D eigenvalue weighted by Crippen LogP contribution is -2.05. The largest absolute Gasteiger partial charge is 0.512 e. The molecule has 2 N–H and O–H groups in total. The van der Waals surface area contributed by atoms with Crippen molar-refractivity contribution in [2.45, 2.75) is 19.8 Å². The summed E-state index contributed by atoms with van der Waals surface area (Å²) in [6, 6.07) is 0. The van der Waals surface area contributed by atoms with Crippen LogP contribution in [0.2, 0.25) is 0 Å². The second kappa shape index (κ2) is 2.78. The Morgan fingerprint density at radius 2 is 2.30 bits per heavy atom. The van der Waals surface area contributed by atoms with Crippen LogP contribution in [0.15, 0.2) is 23.7 Å². The molecular formula is C8H12O2. The predicted octanol–water partition coefficient (Wildman–Crippen LogP) is 2.30. The Kier molecular flexibility index (Phi) is 2.00. The zero-order chi connectivity index (χ0) is 7.56. The first-order valence-electron chi connectivity index (χ1n) is 3.53. The van der Waals surface area contributed by atoms with Gasteiger partial charge in [0.15, 0.2) is 0 Å². The van der Waals surface area contributed by atoms with E-state index < -0.39 is 0 Å². The van der Waals surface area contributed by atoms with Crippen molar-refractivity contribution in [3.8, 4) is 0 Å². The number of aliphatic hydroxyl groups is 2. The van der Waals surface area contributed by atoms with Crippen molar-refractivity contribution in [2.24, 2.45) is 5.92 Å². The Morgan fingerprint density at radius 1 is 1.60 bits per heavy atom. The fourth-order valence-electron chi connectivity index (χ4n) is 1.09. The third kappa shape index (κ3) is 1.32. The number of aliphatic hydroxyl groups excluding tert-OH is 2. The molecule has 56 valence electrons. The van der Waals surface area contributed by atoms with E-state index in [4.69, 9.17) is 5.11 Å². The minimum atomic E-state index is 0.183. The van der Waals surface area contributed by atoms with Gasteiger partial charge in [-0.2, -0.15) is 0 Å². The quantitative estimate of drug-likeness (QED) is 0.586. The second-order valence-corrected chi connectivity index (χ2v) is 2.54. The maximum atomic E-state index is 9.20. The summed E-state index contributed by atoms with van der Waals surface area (Å²) >= 11 is 0. The van der Waals surface area contributed by atoms with Gasteiger partial charge >= 0.3 is 0 Å². The van der Waals surface area contributed by atoms with Crippen molar-refractivity contribution in [1.82, 2.24) is 0 Å². The molecule has 1 aliphatic rings. The predicted molar refractivity (Wildman–Crippen MR) is 39.8 cm³/mol. The van der Waals surface area contributed by atoms with Crippen molar-refractivity contribution in [2.75, 3.05) is 0 Å². The first-order chi connectivity index (χ1) is 4.74. The average Bonchev–Trinajstić information content (AvgIpc) is 1.88. The van der Waals surface area contributed by atoms with E-state index in [1.54, 1.807) is 6.08 Å². The summed E-state index contributed by atoms with van der Waals surface area (Å²) in [5, 5.41) is 18.1. The molecule has 1 aliphatic carbocycles. The van der Waals surface area contributed by atoms with E-state index in [0.717, 1.165) is 12.8 Å². The molecule has 0 heterocycles. The van der Waals surface area contributed by atoms with E-state index in [2.05, 4.69) is 0 Å². The van der Waals surface area contributed by atoms with Crippen LogP contribution in [0, 0.1) is 5.92 Å². The Morgan fingerprint density at radius 3 is 2.80 bits per heavy atom. The van der Waals surface area contributed by atoms with Gasteiger partial charge in [-0.3, -0.25) is 0 Å². The maximum Gasteiger partial charge on any atom is 0.114 e. The van der Waals surface area contributed by atoms with E-state index in [1.807, 2.05) is 6.92 Å². The Hall–Kier alpha value is -0.920. The summed E-state index contributed by atoms with van der Waals surface area (Å²) in [4.78, 5) is 0. The molecule has 1 unspecified atom stereocenters. The summed E-state index contributed by atoms with van der Waals surface area (Å²) < 4.78 is 0. The first kappa shape index (κ1) is 7.19. The number of hydrogen-bond donors (Lipinski definition) is 2. The van der Waals surface area contributed by atoms with Crippen LogP contribution < -0.4 is 0 Å². The van der Waals surface area contributed by atoms with Crippen molar-refractivity contribution in [3.63, 3.8) is 0 Å². The molecule has 2 heteroatoms. The minimum Gasteiger partial charge on any atom is -0.512 e. The lowest BCUT2D eigenvalue weighted by molar-refractivity contribution is 0.306. The molecule has 0 bridgehead atoms. The standard InChI is InChI=1S/C8H12O2/c1-2-6-3-4-7(9)5-8(6)10/h4-6,9-10H,2-3H2,1H3. The molecule has 1 rings (SSSR count). The topological polar surface area (TPSA) is 40.5 Å². The minimum absolute atomic E-state index is 0.183. The van der Waals surface area contributed by atoms with Crippen molar-refractivity contribution in [1.29, 1.82) is 0 Å². The highest BCUT2D eigenvalue weighted by molar-refractivity contribution is 5.20. The Bertz CT molecular complexity index is 180. The highest BCUT2D eigenvalue weighted by Crippen LogP contribution is 2.23. The van der Waals surface area contributed by atoms with Crippen LogP contribution in [0.3, 0.4) is 0 Å². The van der Waals surface area contributed by atoms with E-state index in [-0.39, 0.29) is 11.7 Å². The monoisotopic (exact) mass is 140 g/mol. The van der Waals surface area contributed by atoms with Gasteiger partial charge in [0, 0.05) is 12.0 Å². The van der Waals surface area contributed by atoms with Gasteiger partial charge < -0.3 is 10.2 Å². The van der Waals surface area contributed by atoms with Crippen molar-refractivity contribution >= 4 is 0 Å². The van der Waals surface area contributed by atoms with Gasteiger partial charge in [0.25, 0.3) is 0 Å². The van der Waals surface area contributed by atoms with Crippen molar-refractivity contribution < 1.29 is 10.2 Å². The van der Waals surface area contributed by atoms with Gasteiger partial charge in [-0.1, -0.05) is 6.92 Å². The molecule has 0 saturated heterocycles. The van der Waals surface area contributed by atoms with Crippen LogP contribution in [0.1, 0.15) is 19.8 Å². The van der Waals surface area contributed by atoms with Gasteiger partial charge in [-0.15, -0.1) is 0 Å². The van der Waals surface area contributed by atoms with E-state index >= 15 is 0 Å². The summed E-state index contributed by atoms with van der Waals surface area (Å²) in [5.74, 6) is 0.709. The molecule has 0 aliphatic heterocycles. The molecule has 0 aromatic heterocycles. The highest BCUT2D eigenvalue weighted by Gasteiger charge is 2.14. The van der Waals surface area contributed by atoms with Gasteiger partial charge in [-0.25, -0.2) is 0 Å². The van der Waals surface area contributed by atoms with E-state index in [0.29, 0.717) is 5.76 Å². The van der Waals surface area contributed by atoms with E-state index in [9.17, 15) is 5.11 Å². The third-order valence-electron chi connectivity index (χ3n) is 1.82. The molecule has 0 fully saturated rings. The molecule has 1 atom stereocenters. The van der Waals surface area contributed by atoms with Crippen LogP contribution in [0.25, 0.3) is 0 Å².